The van der Waals surface area contributed by atoms with E-state index in [0.717, 1.165) is 55.5 Å². The topological polar surface area (TPSA) is 58.2 Å². The molecular weight excluding hydrogens is 408 g/mol. The number of carbonyl (C=O) groups excluding carboxylic acids is 2. The van der Waals surface area contributed by atoms with Gasteiger partial charge in [-0.25, -0.2) is 0 Å². The van der Waals surface area contributed by atoms with Crippen LogP contribution < -0.4 is 10.6 Å². The smallest absolute Gasteiger partial charge is 0.224 e. The zero-order valence-corrected chi connectivity index (χ0v) is 19.5. The van der Waals surface area contributed by atoms with Gasteiger partial charge in [-0.15, -0.1) is 0 Å². The first-order chi connectivity index (χ1) is 16.1. The number of benzene rings is 3. The summed E-state index contributed by atoms with van der Waals surface area (Å²) in [5.41, 5.74) is 5.19. The summed E-state index contributed by atoms with van der Waals surface area (Å²) in [6.07, 6.45) is 7.16. The Balaban J connectivity index is 1.21. The van der Waals surface area contributed by atoms with Crippen LogP contribution in [0.15, 0.2) is 78.9 Å². The Kier molecular flexibility index (Phi) is 9.71. The Labute approximate surface area is 197 Å². The predicted molar refractivity (Wildman–Crippen MR) is 137 cm³/mol. The highest BCUT2D eigenvalue weighted by molar-refractivity contribution is 5.91. The third-order valence-electron chi connectivity index (χ3n) is 5.67. The van der Waals surface area contributed by atoms with Crippen molar-refractivity contribution in [3.8, 4) is 11.1 Å². The molecule has 0 saturated carbocycles. The Bertz CT molecular complexity index is 996. The van der Waals surface area contributed by atoms with Gasteiger partial charge in [0.2, 0.25) is 11.8 Å². The molecule has 0 aromatic heterocycles. The molecule has 0 radical (unpaired) electrons. The maximum Gasteiger partial charge on any atom is 0.224 e. The van der Waals surface area contributed by atoms with Gasteiger partial charge in [0, 0.05) is 24.2 Å². The third kappa shape index (κ3) is 8.93. The van der Waals surface area contributed by atoms with Gasteiger partial charge in [-0.2, -0.15) is 0 Å². The minimum absolute atomic E-state index is 0.0650. The molecule has 3 rings (SSSR count). The van der Waals surface area contributed by atoms with Crippen molar-refractivity contribution in [2.75, 3.05) is 10.6 Å². The van der Waals surface area contributed by atoms with Crippen LogP contribution in [0.2, 0.25) is 0 Å². The van der Waals surface area contributed by atoms with Crippen LogP contribution in [-0.2, 0) is 9.59 Å². The highest BCUT2D eigenvalue weighted by Crippen LogP contribution is 2.21. The first kappa shape index (κ1) is 24.2. The van der Waals surface area contributed by atoms with Crippen molar-refractivity contribution >= 4 is 23.2 Å². The van der Waals surface area contributed by atoms with E-state index in [1.807, 2.05) is 73.7 Å². The van der Waals surface area contributed by atoms with Crippen LogP contribution in [-0.4, -0.2) is 11.8 Å². The largest absolute Gasteiger partial charge is 0.326 e. The number of hydrogen-bond acceptors (Lipinski definition) is 2. The van der Waals surface area contributed by atoms with E-state index in [0.29, 0.717) is 12.8 Å². The average molecular weight is 443 g/mol. The number of nitrogens with one attached hydrogen (secondary N) is 2. The first-order valence-electron chi connectivity index (χ1n) is 11.9. The average Bonchev–Trinajstić information content (AvgIpc) is 2.83. The van der Waals surface area contributed by atoms with Gasteiger partial charge in [0.15, 0.2) is 0 Å². The molecule has 2 amide bonds. The van der Waals surface area contributed by atoms with E-state index in [2.05, 4.69) is 22.8 Å². The highest BCUT2D eigenvalue weighted by Gasteiger charge is 2.04. The van der Waals surface area contributed by atoms with Gasteiger partial charge in [0.1, 0.15) is 0 Å². The van der Waals surface area contributed by atoms with Crippen LogP contribution in [0, 0.1) is 6.92 Å². The SMILES string of the molecule is Cc1ccc(NC(=O)CCCCCCCCC(=O)Nc2ccc(-c3ccccc3)cc2)cc1. The van der Waals surface area contributed by atoms with Gasteiger partial charge in [-0.3, -0.25) is 9.59 Å². The molecule has 172 valence electrons. The maximum absolute atomic E-state index is 12.2. The van der Waals surface area contributed by atoms with Crippen molar-refractivity contribution in [1.29, 1.82) is 0 Å². The minimum atomic E-state index is 0.0650. The van der Waals surface area contributed by atoms with Gasteiger partial charge in [0.25, 0.3) is 0 Å². The zero-order valence-electron chi connectivity index (χ0n) is 19.5. The number of aryl methyl sites for hydroxylation is 1. The van der Waals surface area contributed by atoms with Crippen molar-refractivity contribution in [1.82, 2.24) is 0 Å². The van der Waals surface area contributed by atoms with E-state index in [1.165, 1.54) is 11.1 Å². The lowest BCUT2D eigenvalue weighted by Crippen LogP contribution is -2.11. The molecule has 3 aromatic carbocycles. The number of rotatable bonds is 12. The van der Waals surface area contributed by atoms with Gasteiger partial charge in [0.05, 0.1) is 0 Å². The lowest BCUT2D eigenvalue weighted by molar-refractivity contribution is -0.117. The summed E-state index contributed by atoms with van der Waals surface area (Å²) in [6.45, 7) is 2.03. The normalized spacial score (nSPS) is 10.6. The van der Waals surface area contributed by atoms with Gasteiger partial charge in [-0.1, -0.05) is 85.8 Å². The lowest BCUT2D eigenvalue weighted by atomic mass is 10.1. The van der Waals surface area contributed by atoms with Gasteiger partial charge >= 0.3 is 0 Å². The van der Waals surface area contributed by atoms with Crippen molar-refractivity contribution in [3.05, 3.63) is 84.4 Å². The molecule has 3 aromatic rings. The lowest BCUT2D eigenvalue weighted by Gasteiger charge is -2.07. The second-order valence-electron chi connectivity index (χ2n) is 8.53. The van der Waals surface area contributed by atoms with Crippen molar-refractivity contribution in [3.63, 3.8) is 0 Å². The molecule has 0 aliphatic heterocycles. The van der Waals surface area contributed by atoms with Crippen molar-refractivity contribution in [2.45, 2.75) is 58.3 Å². The fourth-order valence-corrected chi connectivity index (χ4v) is 3.74. The van der Waals surface area contributed by atoms with Crippen molar-refractivity contribution in [2.24, 2.45) is 0 Å². The Morgan fingerprint density at radius 2 is 0.970 bits per heavy atom. The maximum atomic E-state index is 12.2. The predicted octanol–water partition coefficient (Wildman–Crippen LogP) is 7.36. The van der Waals surface area contributed by atoms with Crippen LogP contribution in [0.4, 0.5) is 11.4 Å². The van der Waals surface area contributed by atoms with E-state index in [1.54, 1.807) is 0 Å². The first-order valence-corrected chi connectivity index (χ1v) is 11.9. The van der Waals surface area contributed by atoms with Crippen LogP contribution in [0.25, 0.3) is 11.1 Å². The van der Waals surface area contributed by atoms with E-state index in [9.17, 15) is 9.59 Å². The molecule has 0 unspecified atom stereocenters. The molecule has 0 atom stereocenters. The van der Waals surface area contributed by atoms with Crippen LogP contribution in [0.1, 0.15) is 56.9 Å². The number of hydrogen-bond donors (Lipinski definition) is 2. The van der Waals surface area contributed by atoms with Crippen LogP contribution in [0.3, 0.4) is 0 Å². The number of amides is 2. The Hall–Kier alpha value is -3.40. The molecule has 0 fully saturated rings. The Morgan fingerprint density at radius 3 is 1.48 bits per heavy atom. The molecule has 2 N–H and O–H groups in total. The summed E-state index contributed by atoms with van der Waals surface area (Å²) in [4.78, 5) is 24.2. The minimum Gasteiger partial charge on any atom is -0.326 e. The molecule has 33 heavy (non-hydrogen) atoms. The summed E-state index contributed by atoms with van der Waals surface area (Å²) >= 11 is 0. The highest BCUT2D eigenvalue weighted by atomic mass is 16.2. The van der Waals surface area contributed by atoms with Gasteiger partial charge in [-0.05, 0) is 55.2 Å². The fraction of sp³-hybridized carbons (Fsp3) is 0.310. The summed E-state index contributed by atoms with van der Waals surface area (Å²) in [5, 5.41) is 5.92. The summed E-state index contributed by atoms with van der Waals surface area (Å²) in [5.74, 6) is 0.141. The molecule has 0 bridgehead atoms. The number of unbranched alkanes of at least 4 members (excludes halogenated alkanes) is 5. The number of anilines is 2. The molecular formula is C29H34N2O2. The molecule has 4 nitrogen and oxygen atoms in total. The molecule has 0 heterocycles. The Morgan fingerprint density at radius 1 is 0.545 bits per heavy atom. The number of carbonyl (C=O) groups is 2. The summed E-state index contributed by atoms with van der Waals surface area (Å²) in [7, 11) is 0. The van der Waals surface area contributed by atoms with Crippen molar-refractivity contribution < 1.29 is 9.59 Å². The molecule has 0 spiro atoms. The summed E-state index contributed by atoms with van der Waals surface area (Å²) < 4.78 is 0. The van der Waals surface area contributed by atoms with E-state index in [4.69, 9.17) is 0 Å². The molecule has 0 aliphatic carbocycles. The monoisotopic (exact) mass is 442 g/mol. The second kappa shape index (κ2) is 13.2. The molecule has 0 saturated heterocycles. The quantitative estimate of drug-likeness (QED) is 0.288. The second-order valence-corrected chi connectivity index (χ2v) is 8.53. The van der Waals surface area contributed by atoms with Crippen LogP contribution >= 0.6 is 0 Å². The third-order valence-corrected chi connectivity index (χ3v) is 5.67. The molecule has 4 heteroatoms. The zero-order chi connectivity index (χ0) is 23.3. The van der Waals surface area contributed by atoms with E-state index >= 15 is 0 Å². The summed E-state index contributed by atoms with van der Waals surface area (Å²) in [6, 6.07) is 26.0. The van der Waals surface area contributed by atoms with Gasteiger partial charge < -0.3 is 10.6 Å². The van der Waals surface area contributed by atoms with E-state index < -0.39 is 0 Å². The molecule has 0 aliphatic rings. The fourth-order valence-electron chi connectivity index (χ4n) is 3.74. The van der Waals surface area contributed by atoms with E-state index in [-0.39, 0.29) is 11.8 Å². The van der Waals surface area contributed by atoms with Crippen LogP contribution in [0.5, 0.6) is 0 Å². The standard InChI is InChI=1S/C29H34N2O2/c1-23-15-19-26(20-16-23)30-28(32)13-9-4-2-3-5-10-14-29(33)31-27-21-17-25(18-22-27)24-11-7-6-8-12-24/h6-8,11-12,15-22H,2-5,9-10,13-14H2,1H3,(H,30,32)(H,31,33).